The van der Waals surface area contributed by atoms with Crippen LogP contribution in [0.3, 0.4) is 0 Å². The van der Waals surface area contributed by atoms with Crippen LogP contribution in [0.15, 0.2) is 102 Å². The van der Waals surface area contributed by atoms with Crippen molar-refractivity contribution in [2.45, 2.75) is 27.2 Å². The molecule has 0 saturated carbocycles. The summed E-state index contributed by atoms with van der Waals surface area (Å²) < 4.78 is 0. The Morgan fingerprint density at radius 3 is 2.60 bits per heavy atom. The fourth-order valence-corrected chi connectivity index (χ4v) is 4.03. The number of benzene rings is 2. The summed E-state index contributed by atoms with van der Waals surface area (Å²) >= 11 is 0. The predicted molar refractivity (Wildman–Crippen MR) is 130 cm³/mol. The van der Waals surface area contributed by atoms with Crippen molar-refractivity contribution in [1.29, 1.82) is 0 Å². The van der Waals surface area contributed by atoms with Crippen LogP contribution in [0.5, 0.6) is 0 Å². The number of hydrogen-bond donors (Lipinski definition) is 0. The Hall–Kier alpha value is -3.52. The second kappa shape index (κ2) is 8.46. The Kier molecular flexibility index (Phi) is 5.58. The zero-order chi connectivity index (χ0) is 21.1. The van der Waals surface area contributed by atoms with E-state index in [1.165, 1.54) is 27.8 Å². The van der Waals surface area contributed by atoms with Gasteiger partial charge in [0.1, 0.15) is 0 Å². The first-order chi connectivity index (χ1) is 14.6. The number of aliphatic imine (C=N–C) groups is 1. The molecule has 30 heavy (non-hydrogen) atoms. The van der Waals surface area contributed by atoms with Crippen LogP contribution in [0.4, 0.5) is 5.69 Å². The average molecular weight is 391 g/mol. The van der Waals surface area contributed by atoms with Gasteiger partial charge in [0.15, 0.2) is 0 Å². The Morgan fingerprint density at radius 2 is 1.87 bits per heavy atom. The van der Waals surface area contributed by atoms with Crippen LogP contribution in [0, 0.1) is 6.92 Å². The van der Waals surface area contributed by atoms with Crippen molar-refractivity contribution in [2.24, 2.45) is 4.99 Å². The molecule has 2 aromatic carbocycles. The number of nitrogens with zero attached hydrogens (tertiary/aromatic N) is 2. The topological polar surface area (TPSA) is 25.2 Å². The van der Waals surface area contributed by atoms with Gasteiger partial charge < -0.3 is 0 Å². The van der Waals surface area contributed by atoms with E-state index in [0.29, 0.717) is 0 Å². The lowest BCUT2D eigenvalue weighted by Gasteiger charge is -2.13. The summed E-state index contributed by atoms with van der Waals surface area (Å²) in [6.07, 6.45) is 11.0. The Bertz CT molecular complexity index is 1240. The van der Waals surface area contributed by atoms with Crippen LogP contribution in [-0.4, -0.2) is 10.7 Å². The first-order valence-electron chi connectivity index (χ1n) is 10.3. The molecule has 0 amide bonds. The highest BCUT2D eigenvalue weighted by Crippen LogP contribution is 2.38. The van der Waals surface area contributed by atoms with Gasteiger partial charge in [0.2, 0.25) is 0 Å². The van der Waals surface area contributed by atoms with Crippen LogP contribution in [-0.2, 0) is 6.42 Å². The van der Waals surface area contributed by atoms with Gasteiger partial charge in [0.25, 0.3) is 0 Å². The van der Waals surface area contributed by atoms with Gasteiger partial charge in [-0.25, -0.2) is 0 Å². The summed E-state index contributed by atoms with van der Waals surface area (Å²) in [6, 6.07) is 17.1. The maximum Gasteiger partial charge on any atom is 0.0970 e. The van der Waals surface area contributed by atoms with Crippen molar-refractivity contribution in [2.75, 3.05) is 0 Å². The van der Waals surface area contributed by atoms with Crippen LogP contribution in [0.1, 0.15) is 25.1 Å². The van der Waals surface area contributed by atoms with Crippen LogP contribution in [0.2, 0.25) is 0 Å². The van der Waals surface area contributed by atoms with Gasteiger partial charge in [0.05, 0.1) is 11.2 Å². The van der Waals surface area contributed by atoms with E-state index >= 15 is 0 Å². The molecular weight excluding hydrogens is 364 g/mol. The standard InChI is InChI=1S/C28H26N2/c1-5-7-11-21(6-2)24-16-19(3)29-27-23(18-24)14-15-25-26(17-20(4)30-28(25)27)22-12-9-8-10-13-22/h5-17H,1,18H2,2-4H3/b11-7-,21-6+. The molecule has 0 aliphatic carbocycles. The number of allylic oxidation sites excluding steroid dienone is 7. The molecule has 0 spiro atoms. The third kappa shape index (κ3) is 3.81. The molecule has 0 unspecified atom stereocenters. The number of aryl methyl sites for hydroxylation is 1. The maximum absolute atomic E-state index is 5.00. The molecule has 0 saturated heterocycles. The summed E-state index contributed by atoms with van der Waals surface area (Å²) in [7, 11) is 0. The molecule has 2 heterocycles. The number of rotatable bonds is 4. The number of hydrogen-bond acceptors (Lipinski definition) is 2. The van der Waals surface area contributed by atoms with Crippen molar-refractivity contribution in [3.63, 3.8) is 0 Å². The van der Waals surface area contributed by atoms with E-state index in [4.69, 9.17) is 9.98 Å². The largest absolute Gasteiger partial charge is 0.251 e. The third-order valence-corrected chi connectivity index (χ3v) is 5.40. The lowest BCUT2D eigenvalue weighted by Crippen LogP contribution is -1.96. The number of aromatic nitrogens is 1. The zero-order valence-electron chi connectivity index (χ0n) is 17.8. The van der Waals surface area contributed by atoms with E-state index in [1.54, 1.807) is 6.08 Å². The molecule has 0 N–H and O–H groups in total. The fourth-order valence-electron chi connectivity index (χ4n) is 4.03. The van der Waals surface area contributed by atoms with Gasteiger partial charge in [-0.1, -0.05) is 73.3 Å². The molecule has 0 atom stereocenters. The molecule has 0 bridgehead atoms. The molecule has 0 radical (unpaired) electrons. The van der Waals surface area contributed by atoms with Crippen LogP contribution < -0.4 is 0 Å². The number of fused-ring (bicyclic) bond motifs is 3. The lowest BCUT2D eigenvalue weighted by molar-refractivity contribution is 1.17. The van der Waals surface area contributed by atoms with Gasteiger partial charge in [-0.15, -0.1) is 0 Å². The van der Waals surface area contributed by atoms with Crippen LogP contribution in [0.25, 0.3) is 22.0 Å². The Labute approximate surface area is 178 Å². The highest BCUT2D eigenvalue weighted by molar-refractivity contribution is 6.05. The summed E-state index contributed by atoms with van der Waals surface area (Å²) in [5.74, 6) is 0. The minimum Gasteiger partial charge on any atom is -0.251 e. The molecule has 148 valence electrons. The quantitative estimate of drug-likeness (QED) is 0.424. The zero-order valence-corrected chi connectivity index (χ0v) is 17.8. The van der Waals surface area contributed by atoms with Crippen molar-refractivity contribution >= 4 is 22.3 Å². The normalized spacial score (nSPS) is 14.3. The highest BCUT2D eigenvalue weighted by atomic mass is 14.8. The summed E-state index contributed by atoms with van der Waals surface area (Å²) in [6.45, 7) is 9.98. The first kappa shape index (κ1) is 19.8. The monoisotopic (exact) mass is 390 g/mol. The summed E-state index contributed by atoms with van der Waals surface area (Å²) in [5, 5.41) is 1.14. The van der Waals surface area contributed by atoms with Crippen molar-refractivity contribution in [3.8, 4) is 11.1 Å². The van der Waals surface area contributed by atoms with Crippen molar-refractivity contribution in [3.05, 3.63) is 108 Å². The summed E-state index contributed by atoms with van der Waals surface area (Å²) in [5.41, 5.74) is 10.0. The molecule has 2 nitrogen and oxygen atoms in total. The molecule has 1 aliphatic heterocycles. The third-order valence-electron chi connectivity index (χ3n) is 5.40. The van der Waals surface area contributed by atoms with Crippen molar-refractivity contribution in [1.82, 2.24) is 4.98 Å². The van der Waals surface area contributed by atoms with E-state index in [1.807, 2.05) is 12.1 Å². The molecule has 2 heteroatoms. The van der Waals surface area contributed by atoms with E-state index < -0.39 is 0 Å². The van der Waals surface area contributed by atoms with E-state index in [0.717, 1.165) is 34.4 Å². The Balaban J connectivity index is 1.90. The molecule has 0 fully saturated rings. The van der Waals surface area contributed by atoms with Crippen LogP contribution >= 0.6 is 0 Å². The highest BCUT2D eigenvalue weighted by Gasteiger charge is 2.17. The summed E-state index contributed by atoms with van der Waals surface area (Å²) in [4.78, 5) is 9.92. The molecular formula is C28H26N2. The Morgan fingerprint density at radius 1 is 1.07 bits per heavy atom. The number of pyridine rings is 1. The van der Waals surface area contributed by atoms with Gasteiger partial charge in [-0.05, 0) is 60.8 Å². The van der Waals surface area contributed by atoms with Gasteiger partial charge in [-0.2, -0.15) is 0 Å². The van der Waals surface area contributed by atoms with Gasteiger partial charge >= 0.3 is 0 Å². The van der Waals surface area contributed by atoms with E-state index in [2.05, 4.69) is 88.0 Å². The molecule has 3 aromatic rings. The first-order valence-corrected chi connectivity index (χ1v) is 10.3. The SMILES string of the molecule is C=C/C=C\C(=C/C)C1=CC(C)=Nc2c(ccc3c(-c4ccccc4)cc(C)nc23)C1. The minimum absolute atomic E-state index is 0.823. The smallest absolute Gasteiger partial charge is 0.0970 e. The average Bonchev–Trinajstić information content (AvgIpc) is 2.92. The van der Waals surface area contributed by atoms with E-state index in [9.17, 15) is 0 Å². The molecule has 1 aliphatic rings. The minimum atomic E-state index is 0.823. The van der Waals surface area contributed by atoms with Gasteiger partial charge in [0, 0.05) is 23.2 Å². The van der Waals surface area contributed by atoms with E-state index in [-0.39, 0.29) is 0 Å². The lowest BCUT2D eigenvalue weighted by atomic mass is 9.93. The van der Waals surface area contributed by atoms with Gasteiger partial charge in [-0.3, -0.25) is 9.98 Å². The van der Waals surface area contributed by atoms with Crippen molar-refractivity contribution < 1.29 is 0 Å². The molecule has 4 rings (SSSR count). The second-order valence-electron chi connectivity index (χ2n) is 7.59. The maximum atomic E-state index is 5.00. The predicted octanol–water partition coefficient (Wildman–Crippen LogP) is 7.47. The molecule has 1 aromatic heterocycles. The second-order valence-corrected chi connectivity index (χ2v) is 7.59. The fraction of sp³-hybridized carbons (Fsp3) is 0.143.